The molecule has 0 N–H and O–H groups in total. The lowest BCUT2D eigenvalue weighted by Crippen LogP contribution is -1.94. The first kappa shape index (κ1) is 9.36. The third-order valence-electron chi connectivity index (χ3n) is 2.52. The van der Waals surface area contributed by atoms with E-state index in [1.54, 1.807) is 0 Å². The zero-order chi connectivity index (χ0) is 9.26. The van der Waals surface area contributed by atoms with Crippen molar-refractivity contribution in [3.63, 3.8) is 0 Å². The van der Waals surface area contributed by atoms with Gasteiger partial charge in [0.2, 0.25) is 0 Å². The predicted molar refractivity (Wildman–Crippen MR) is 57.3 cm³/mol. The topological polar surface area (TPSA) is 0 Å². The van der Waals surface area contributed by atoms with Crippen LogP contribution in [0.4, 0.5) is 0 Å². The number of halogens is 2. The van der Waals surface area contributed by atoms with Crippen molar-refractivity contribution in [3.05, 3.63) is 39.7 Å². The molecule has 0 bridgehead atoms. The average molecular weight is 214 g/mol. The van der Waals surface area contributed by atoms with E-state index >= 15 is 0 Å². The van der Waals surface area contributed by atoms with E-state index in [0.29, 0.717) is 0 Å². The van der Waals surface area contributed by atoms with E-state index < -0.39 is 0 Å². The lowest BCUT2D eigenvalue weighted by molar-refractivity contribution is 0.886. The second-order valence-electron chi connectivity index (χ2n) is 3.43. The minimum atomic E-state index is 0.777. The molecule has 1 saturated carbocycles. The highest BCUT2D eigenvalue weighted by atomic mass is 35.5. The number of hydrogen-bond acceptors (Lipinski definition) is 0. The Hall–Kier alpha value is -0.200. The van der Waals surface area contributed by atoms with E-state index in [0.717, 1.165) is 15.6 Å². The monoisotopic (exact) mass is 213 g/mol. The molecule has 0 saturated heterocycles. The summed E-state index contributed by atoms with van der Waals surface area (Å²) in [6, 6.07) is 5.69. The van der Waals surface area contributed by atoms with E-state index in [9.17, 15) is 0 Å². The Kier molecular flexibility index (Phi) is 2.80. The van der Waals surface area contributed by atoms with Crippen molar-refractivity contribution < 1.29 is 0 Å². The smallest absolute Gasteiger partial charge is 0.0445 e. The first-order valence-electron chi connectivity index (χ1n) is 4.57. The van der Waals surface area contributed by atoms with Crippen molar-refractivity contribution >= 4 is 23.2 Å². The molecule has 0 amide bonds. The van der Waals surface area contributed by atoms with Crippen LogP contribution in [0.15, 0.2) is 18.2 Å². The maximum Gasteiger partial charge on any atom is 0.0445 e. The summed E-state index contributed by atoms with van der Waals surface area (Å²) in [4.78, 5) is 0. The Bertz CT molecular complexity index is 301. The molecule has 1 aliphatic carbocycles. The van der Waals surface area contributed by atoms with Crippen LogP contribution in [0, 0.1) is 5.92 Å². The molecule has 0 aromatic heterocycles. The lowest BCUT2D eigenvalue weighted by Gasteiger charge is -2.10. The zero-order valence-corrected chi connectivity index (χ0v) is 8.83. The summed E-state index contributed by atoms with van der Waals surface area (Å²) < 4.78 is 0. The fourth-order valence-corrected chi connectivity index (χ4v) is 2.26. The summed E-state index contributed by atoms with van der Waals surface area (Å²) in [5.41, 5.74) is 1.16. The Morgan fingerprint density at radius 3 is 2.38 bits per heavy atom. The van der Waals surface area contributed by atoms with Crippen LogP contribution in [0.1, 0.15) is 31.2 Å². The van der Waals surface area contributed by atoms with Gasteiger partial charge in [-0.15, -0.1) is 0 Å². The van der Waals surface area contributed by atoms with Gasteiger partial charge in [-0.05, 0) is 36.6 Å². The lowest BCUT2D eigenvalue weighted by atomic mass is 9.98. The Morgan fingerprint density at radius 1 is 1.00 bits per heavy atom. The molecule has 1 fully saturated rings. The largest absolute Gasteiger partial charge is 0.0843 e. The van der Waals surface area contributed by atoms with Crippen LogP contribution in [0.25, 0.3) is 0 Å². The van der Waals surface area contributed by atoms with Crippen LogP contribution >= 0.6 is 23.2 Å². The van der Waals surface area contributed by atoms with Gasteiger partial charge in [0.1, 0.15) is 0 Å². The highest BCUT2D eigenvalue weighted by molar-refractivity contribution is 6.33. The fourth-order valence-electron chi connectivity index (χ4n) is 1.84. The van der Waals surface area contributed by atoms with E-state index in [-0.39, 0.29) is 0 Å². The highest BCUT2D eigenvalue weighted by Gasteiger charge is 2.20. The summed E-state index contributed by atoms with van der Waals surface area (Å²) >= 11 is 12.0. The van der Waals surface area contributed by atoms with Crippen LogP contribution in [-0.2, 0) is 0 Å². The molecule has 0 atom stereocenters. The molecular weight excluding hydrogens is 203 g/mol. The predicted octanol–water partition coefficient (Wildman–Crippen LogP) is 4.49. The quantitative estimate of drug-likeness (QED) is 0.646. The Balaban J connectivity index is 2.32. The first-order chi connectivity index (χ1) is 6.27. The SMILES string of the molecule is Clc1ccc(Cl)c([C]2CCCC2)c1. The van der Waals surface area contributed by atoms with Gasteiger partial charge in [-0.1, -0.05) is 36.0 Å². The molecule has 0 heterocycles. The molecule has 69 valence electrons. The van der Waals surface area contributed by atoms with Gasteiger partial charge in [-0.25, -0.2) is 0 Å². The highest BCUT2D eigenvalue weighted by Crippen LogP contribution is 2.37. The Morgan fingerprint density at radius 2 is 1.69 bits per heavy atom. The molecular formula is C11H11Cl2. The van der Waals surface area contributed by atoms with Crippen molar-refractivity contribution in [3.8, 4) is 0 Å². The number of rotatable bonds is 1. The molecule has 0 spiro atoms. The van der Waals surface area contributed by atoms with Gasteiger partial charge >= 0.3 is 0 Å². The second kappa shape index (κ2) is 3.89. The van der Waals surface area contributed by atoms with Crippen LogP contribution < -0.4 is 0 Å². The van der Waals surface area contributed by atoms with Crippen LogP contribution in [-0.4, -0.2) is 0 Å². The van der Waals surface area contributed by atoms with Crippen molar-refractivity contribution in [2.75, 3.05) is 0 Å². The maximum atomic E-state index is 6.10. The fraction of sp³-hybridized carbons (Fsp3) is 0.364. The van der Waals surface area contributed by atoms with E-state index in [2.05, 4.69) is 0 Å². The summed E-state index contributed by atoms with van der Waals surface area (Å²) in [5.74, 6) is 1.47. The van der Waals surface area contributed by atoms with Gasteiger partial charge < -0.3 is 0 Å². The van der Waals surface area contributed by atoms with Crippen molar-refractivity contribution in [1.82, 2.24) is 0 Å². The third kappa shape index (κ3) is 2.00. The minimum Gasteiger partial charge on any atom is -0.0843 e. The normalized spacial score (nSPS) is 18.0. The van der Waals surface area contributed by atoms with E-state index in [1.165, 1.54) is 31.6 Å². The summed E-state index contributed by atoms with van der Waals surface area (Å²) in [6.07, 6.45) is 4.94. The van der Waals surface area contributed by atoms with Crippen molar-refractivity contribution in [2.24, 2.45) is 0 Å². The molecule has 0 nitrogen and oxygen atoms in total. The van der Waals surface area contributed by atoms with E-state index in [4.69, 9.17) is 23.2 Å². The molecule has 0 aliphatic heterocycles. The zero-order valence-electron chi connectivity index (χ0n) is 7.32. The minimum absolute atomic E-state index is 0.777. The molecule has 0 unspecified atom stereocenters. The molecule has 2 heteroatoms. The molecule has 2 rings (SSSR count). The van der Waals surface area contributed by atoms with Crippen LogP contribution in [0.3, 0.4) is 0 Å². The molecule has 1 aliphatic rings. The summed E-state index contributed by atoms with van der Waals surface area (Å²) in [5, 5.41) is 1.61. The first-order valence-corrected chi connectivity index (χ1v) is 5.33. The summed E-state index contributed by atoms with van der Waals surface area (Å²) in [7, 11) is 0. The van der Waals surface area contributed by atoms with Gasteiger partial charge in [0.05, 0.1) is 0 Å². The van der Waals surface area contributed by atoms with Gasteiger partial charge in [-0.3, -0.25) is 0 Å². The molecule has 1 aromatic rings. The molecule has 1 aromatic carbocycles. The van der Waals surface area contributed by atoms with Crippen molar-refractivity contribution in [2.45, 2.75) is 25.7 Å². The maximum absolute atomic E-state index is 6.10. The standard InChI is InChI=1S/C11H11Cl2/c12-9-5-6-11(13)10(7-9)8-3-1-2-4-8/h5-7H,1-4H2. The van der Waals surface area contributed by atoms with Gasteiger partial charge in [0.15, 0.2) is 0 Å². The summed E-state index contributed by atoms with van der Waals surface area (Å²) in [6.45, 7) is 0. The average Bonchev–Trinajstić information content (AvgIpc) is 2.61. The molecule has 13 heavy (non-hydrogen) atoms. The van der Waals surface area contributed by atoms with E-state index in [1.807, 2.05) is 18.2 Å². The van der Waals surface area contributed by atoms with Crippen LogP contribution in [0.5, 0.6) is 0 Å². The molecule has 1 radical (unpaired) electrons. The second-order valence-corrected chi connectivity index (χ2v) is 4.28. The Labute approximate surface area is 88.9 Å². The van der Waals surface area contributed by atoms with Gasteiger partial charge in [0, 0.05) is 16.0 Å². The van der Waals surface area contributed by atoms with Gasteiger partial charge in [0.25, 0.3) is 0 Å². The number of benzene rings is 1. The van der Waals surface area contributed by atoms with Crippen molar-refractivity contribution in [1.29, 1.82) is 0 Å². The number of hydrogen-bond donors (Lipinski definition) is 0. The third-order valence-corrected chi connectivity index (χ3v) is 3.08. The van der Waals surface area contributed by atoms with Crippen LogP contribution in [0.2, 0.25) is 10.0 Å². The van der Waals surface area contributed by atoms with Gasteiger partial charge in [-0.2, -0.15) is 0 Å².